The van der Waals surface area contributed by atoms with E-state index in [1.165, 1.54) is 5.56 Å². The van der Waals surface area contributed by atoms with Gasteiger partial charge >= 0.3 is 0 Å². The number of aliphatic imine (C=N–C) groups is 1. The Labute approximate surface area is 153 Å². The van der Waals surface area contributed by atoms with Gasteiger partial charge < -0.3 is 24.8 Å². The largest absolute Gasteiger partial charge is 0.490 e. The Morgan fingerprint density at radius 2 is 1.92 bits per heavy atom. The molecule has 136 valence electrons. The first kappa shape index (κ1) is 16.6. The molecule has 2 heterocycles. The molecule has 0 bridgehead atoms. The molecule has 0 radical (unpaired) electrons. The van der Waals surface area contributed by atoms with Crippen LogP contribution in [0, 0.1) is 0 Å². The number of nitrogens with one attached hydrogen (secondary N) is 2. The number of nitrogens with zero attached hydrogens (tertiary/aromatic N) is 1. The van der Waals surface area contributed by atoms with Crippen molar-refractivity contribution >= 4 is 11.6 Å². The normalized spacial score (nSPS) is 18.5. The van der Waals surface area contributed by atoms with Crippen LogP contribution in [0.2, 0.25) is 0 Å². The van der Waals surface area contributed by atoms with Gasteiger partial charge in [0.2, 0.25) is 0 Å². The average Bonchev–Trinajstić information content (AvgIpc) is 2.94. The van der Waals surface area contributed by atoms with E-state index in [1.807, 2.05) is 36.4 Å². The van der Waals surface area contributed by atoms with Gasteiger partial charge in [-0.1, -0.05) is 18.2 Å². The van der Waals surface area contributed by atoms with Gasteiger partial charge in [-0.2, -0.15) is 0 Å². The molecule has 6 nitrogen and oxygen atoms in total. The monoisotopic (exact) mass is 353 g/mol. The van der Waals surface area contributed by atoms with Crippen LogP contribution in [0.5, 0.6) is 17.2 Å². The van der Waals surface area contributed by atoms with Crippen LogP contribution < -0.4 is 24.8 Å². The van der Waals surface area contributed by atoms with Crippen molar-refractivity contribution in [1.82, 2.24) is 5.32 Å². The summed E-state index contributed by atoms with van der Waals surface area (Å²) in [5.41, 5.74) is 2.16. The number of guanidine groups is 1. The van der Waals surface area contributed by atoms with Gasteiger partial charge in [0.25, 0.3) is 0 Å². The molecule has 1 atom stereocenters. The molecule has 1 unspecified atom stereocenters. The number of ether oxygens (including phenoxy) is 3. The van der Waals surface area contributed by atoms with Crippen molar-refractivity contribution in [2.24, 2.45) is 4.99 Å². The van der Waals surface area contributed by atoms with E-state index >= 15 is 0 Å². The summed E-state index contributed by atoms with van der Waals surface area (Å²) >= 11 is 0. The van der Waals surface area contributed by atoms with Crippen LogP contribution in [0.15, 0.2) is 47.5 Å². The summed E-state index contributed by atoms with van der Waals surface area (Å²) in [6, 6.07) is 14.0. The van der Waals surface area contributed by atoms with Gasteiger partial charge in [-0.05, 0) is 23.8 Å². The maximum Gasteiger partial charge on any atom is 0.195 e. The Morgan fingerprint density at radius 3 is 2.77 bits per heavy atom. The lowest BCUT2D eigenvalue weighted by Crippen LogP contribution is -2.38. The van der Waals surface area contributed by atoms with E-state index < -0.39 is 0 Å². The maximum atomic E-state index is 5.96. The molecule has 26 heavy (non-hydrogen) atoms. The number of benzene rings is 2. The lowest BCUT2D eigenvalue weighted by molar-refractivity contribution is 0.235. The van der Waals surface area contributed by atoms with Crippen molar-refractivity contribution in [3.8, 4) is 17.2 Å². The molecule has 2 N–H and O–H groups in total. The number of hydrogen-bond acceptors (Lipinski definition) is 4. The number of fused-ring (bicyclic) bond motifs is 2. The minimum Gasteiger partial charge on any atom is -0.490 e. The molecule has 0 amide bonds. The van der Waals surface area contributed by atoms with Gasteiger partial charge in [0, 0.05) is 31.6 Å². The molecule has 2 aromatic carbocycles. The van der Waals surface area contributed by atoms with Crippen molar-refractivity contribution in [3.63, 3.8) is 0 Å². The predicted octanol–water partition coefficient (Wildman–Crippen LogP) is 2.84. The summed E-state index contributed by atoms with van der Waals surface area (Å²) in [6.45, 7) is 2.04. The first-order valence-corrected chi connectivity index (χ1v) is 8.94. The van der Waals surface area contributed by atoms with E-state index in [9.17, 15) is 0 Å². The molecule has 0 spiro atoms. The third-order valence-corrected chi connectivity index (χ3v) is 4.44. The highest BCUT2D eigenvalue weighted by Crippen LogP contribution is 2.32. The molecule has 4 rings (SSSR count). The fourth-order valence-electron chi connectivity index (χ4n) is 3.14. The van der Waals surface area contributed by atoms with Crippen molar-refractivity contribution < 1.29 is 14.2 Å². The van der Waals surface area contributed by atoms with E-state index in [0.717, 1.165) is 35.8 Å². The molecule has 0 aromatic heterocycles. The lowest BCUT2D eigenvalue weighted by atomic mass is 10.1. The van der Waals surface area contributed by atoms with Gasteiger partial charge in [0.05, 0.1) is 19.8 Å². The van der Waals surface area contributed by atoms with Gasteiger partial charge in [0.1, 0.15) is 11.9 Å². The third-order valence-electron chi connectivity index (χ3n) is 4.44. The van der Waals surface area contributed by atoms with Crippen molar-refractivity contribution in [3.05, 3.63) is 48.0 Å². The van der Waals surface area contributed by atoms with E-state index in [4.69, 9.17) is 14.2 Å². The quantitative estimate of drug-likeness (QED) is 0.656. The summed E-state index contributed by atoms with van der Waals surface area (Å²) < 4.78 is 17.4. The van der Waals surface area contributed by atoms with Crippen LogP contribution in [0.4, 0.5) is 5.69 Å². The summed E-state index contributed by atoms with van der Waals surface area (Å²) in [5, 5.41) is 6.62. The second-order valence-electron chi connectivity index (χ2n) is 6.34. The Balaban J connectivity index is 1.35. The fourth-order valence-corrected chi connectivity index (χ4v) is 3.14. The van der Waals surface area contributed by atoms with Gasteiger partial charge in [-0.25, -0.2) is 0 Å². The molecule has 2 aliphatic rings. The predicted molar refractivity (Wildman–Crippen MR) is 102 cm³/mol. The zero-order valence-corrected chi connectivity index (χ0v) is 14.8. The Kier molecular flexibility index (Phi) is 4.82. The molecule has 2 aliphatic heterocycles. The van der Waals surface area contributed by atoms with E-state index in [0.29, 0.717) is 25.7 Å². The maximum absolute atomic E-state index is 5.96. The second-order valence-corrected chi connectivity index (χ2v) is 6.34. The van der Waals surface area contributed by atoms with Gasteiger partial charge in [-0.15, -0.1) is 0 Å². The Morgan fingerprint density at radius 1 is 1.08 bits per heavy atom. The minimum absolute atomic E-state index is 0.106. The van der Waals surface area contributed by atoms with Crippen LogP contribution in [0.1, 0.15) is 12.0 Å². The van der Waals surface area contributed by atoms with Crippen molar-refractivity contribution in [1.29, 1.82) is 0 Å². The first-order chi connectivity index (χ1) is 12.8. The summed E-state index contributed by atoms with van der Waals surface area (Å²) in [5.74, 6) is 3.22. The molecular weight excluding hydrogens is 330 g/mol. The number of rotatable bonds is 3. The topological polar surface area (TPSA) is 64.1 Å². The van der Waals surface area contributed by atoms with Crippen molar-refractivity contribution in [2.75, 3.05) is 32.1 Å². The van der Waals surface area contributed by atoms with Crippen LogP contribution in [0.3, 0.4) is 0 Å². The van der Waals surface area contributed by atoms with E-state index in [2.05, 4.69) is 21.7 Å². The Hall–Kier alpha value is -2.89. The SMILES string of the molecule is CN=C(NCC1Cc2ccccc2O1)Nc1ccc2c(c1)OCCCO2. The lowest BCUT2D eigenvalue weighted by Gasteiger charge is -2.16. The summed E-state index contributed by atoms with van der Waals surface area (Å²) in [4.78, 5) is 4.29. The van der Waals surface area contributed by atoms with Gasteiger partial charge in [0.15, 0.2) is 17.5 Å². The van der Waals surface area contributed by atoms with Crippen molar-refractivity contribution in [2.45, 2.75) is 18.9 Å². The molecule has 0 saturated heterocycles. The Bertz CT molecular complexity index is 782. The highest BCUT2D eigenvalue weighted by atomic mass is 16.5. The minimum atomic E-state index is 0.106. The third kappa shape index (κ3) is 3.69. The molecule has 0 fully saturated rings. The van der Waals surface area contributed by atoms with E-state index in [-0.39, 0.29) is 6.10 Å². The van der Waals surface area contributed by atoms with E-state index in [1.54, 1.807) is 7.05 Å². The van der Waals surface area contributed by atoms with Crippen LogP contribution in [-0.4, -0.2) is 38.9 Å². The molecule has 0 saturated carbocycles. The fraction of sp³-hybridized carbons (Fsp3) is 0.350. The molecule has 2 aromatic rings. The highest BCUT2D eigenvalue weighted by molar-refractivity contribution is 5.93. The second kappa shape index (κ2) is 7.56. The molecular formula is C20H23N3O3. The zero-order chi connectivity index (χ0) is 17.8. The van der Waals surface area contributed by atoms with Crippen LogP contribution in [0.25, 0.3) is 0 Å². The zero-order valence-electron chi connectivity index (χ0n) is 14.8. The van der Waals surface area contributed by atoms with Gasteiger partial charge in [-0.3, -0.25) is 4.99 Å². The number of para-hydroxylation sites is 1. The number of anilines is 1. The first-order valence-electron chi connectivity index (χ1n) is 8.94. The van der Waals surface area contributed by atoms with Crippen LogP contribution in [-0.2, 0) is 6.42 Å². The molecule has 0 aliphatic carbocycles. The highest BCUT2D eigenvalue weighted by Gasteiger charge is 2.22. The summed E-state index contributed by atoms with van der Waals surface area (Å²) in [6.07, 6.45) is 1.91. The number of hydrogen-bond donors (Lipinski definition) is 2. The molecule has 6 heteroatoms. The average molecular weight is 353 g/mol. The summed E-state index contributed by atoms with van der Waals surface area (Å²) in [7, 11) is 1.75. The standard InChI is InChI=1S/C20H23N3O3/c1-21-20(22-13-16-11-14-5-2-3-6-17(14)26-16)23-15-7-8-18-19(12-15)25-10-4-9-24-18/h2-3,5-8,12,16H,4,9-11,13H2,1H3,(H2,21,22,23). The smallest absolute Gasteiger partial charge is 0.195 e. The van der Waals surface area contributed by atoms with Crippen LogP contribution >= 0.6 is 0 Å².